The van der Waals surface area contributed by atoms with Crippen molar-refractivity contribution in [1.82, 2.24) is 34.4 Å². The number of hydrogen-bond donors (Lipinski definition) is 2. The summed E-state index contributed by atoms with van der Waals surface area (Å²) in [4.78, 5) is 30.7. The van der Waals surface area contributed by atoms with Gasteiger partial charge in [0.05, 0.1) is 12.5 Å². The van der Waals surface area contributed by atoms with Gasteiger partial charge in [-0.25, -0.2) is 9.50 Å². The fourth-order valence-corrected chi connectivity index (χ4v) is 4.46. The molecule has 4 heterocycles. The lowest BCUT2D eigenvalue weighted by Crippen LogP contribution is -2.35. The van der Waals surface area contributed by atoms with Crippen molar-refractivity contribution in [2.24, 2.45) is 5.92 Å². The van der Waals surface area contributed by atoms with E-state index in [1.165, 1.54) is 6.33 Å². The van der Waals surface area contributed by atoms with Crippen LogP contribution in [-0.2, 0) is 4.79 Å². The molecule has 1 aliphatic rings. The van der Waals surface area contributed by atoms with Crippen molar-refractivity contribution in [2.45, 2.75) is 31.7 Å². The second-order valence-electron chi connectivity index (χ2n) is 8.39. The molecule has 0 bridgehead atoms. The Hall–Kier alpha value is -3.69. The van der Waals surface area contributed by atoms with E-state index in [0.29, 0.717) is 17.5 Å². The van der Waals surface area contributed by atoms with Crippen molar-refractivity contribution < 1.29 is 9.53 Å². The van der Waals surface area contributed by atoms with Crippen LogP contribution in [0.25, 0.3) is 27.8 Å². The van der Waals surface area contributed by atoms with E-state index >= 15 is 0 Å². The number of ether oxygens (including phenoxy) is 1. The lowest BCUT2D eigenvalue weighted by atomic mass is 9.85. The summed E-state index contributed by atoms with van der Waals surface area (Å²) in [6, 6.07) is 4.17. The smallest absolute Gasteiger partial charge is 0.228 e. The van der Waals surface area contributed by atoms with Gasteiger partial charge in [0, 0.05) is 44.0 Å². The number of pyridine rings is 1. The molecule has 0 saturated heterocycles. The molecule has 0 atom stereocenters. The molecule has 0 unspecified atom stereocenters. The molecule has 10 nitrogen and oxygen atoms in total. The van der Waals surface area contributed by atoms with Gasteiger partial charge in [0.2, 0.25) is 17.7 Å². The monoisotopic (exact) mass is 434 g/mol. The van der Waals surface area contributed by atoms with Crippen molar-refractivity contribution in [1.29, 1.82) is 0 Å². The molecule has 10 heteroatoms. The van der Waals surface area contributed by atoms with E-state index in [2.05, 4.69) is 25.4 Å². The van der Waals surface area contributed by atoms with E-state index in [1.54, 1.807) is 16.5 Å². The normalized spacial score (nSPS) is 18.7. The van der Waals surface area contributed by atoms with E-state index in [4.69, 9.17) is 9.72 Å². The minimum atomic E-state index is 0.106. The zero-order valence-electron chi connectivity index (χ0n) is 18.4. The van der Waals surface area contributed by atoms with Crippen molar-refractivity contribution >= 4 is 28.5 Å². The molecule has 0 aliphatic heterocycles. The molecule has 1 fully saturated rings. The van der Waals surface area contributed by atoms with E-state index in [9.17, 15) is 4.79 Å². The summed E-state index contributed by atoms with van der Waals surface area (Å²) in [5.74, 6) is 1.35. The third-order valence-electron chi connectivity index (χ3n) is 6.13. The molecule has 5 rings (SSSR count). The van der Waals surface area contributed by atoms with Gasteiger partial charge in [-0.05, 0) is 43.4 Å². The number of methoxy groups -OCH3 is 1. The number of aromatic nitrogens is 6. The van der Waals surface area contributed by atoms with Crippen LogP contribution in [0.4, 0.5) is 5.95 Å². The van der Waals surface area contributed by atoms with Crippen molar-refractivity contribution in [2.75, 3.05) is 26.5 Å². The Morgan fingerprint density at radius 1 is 1.25 bits per heavy atom. The number of anilines is 1. The molecule has 0 aromatic carbocycles. The lowest BCUT2D eigenvalue weighted by Gasteiger charge is -2.29. The molecule has 0 spiro atoms. The Labute approximate surface area is 185 Å². The molecule has 2 N–H and O–H groups in total. The fourth-order valence-electron chi connectivity index (χ4n) is 4.46. The molecule has 4 aromatic rings. The number of carbonyl (C=O) groups is 1. The Morgan fingerprint density at radius 3 is 2.81 bits per heavy atom. The van der Waals surface area contributed by atoms with Gasteiger partial charge in [-0.1, -0.05) is 0 Å². The van der Waals surface area contributed by atoms with Gasteiger partial charge in [0.25, 0.3) is 0 Å². The Kier molecular flexibility index (Phi) is 5.12. The number of hydrogen-bond acceptors (Lipinski definition) is 7. The summed E-state index contributed by atoms with van der Waals surface area (Å²) in [5, 5.41) is 8.40. The largest absolute Gasteiger partial charge is 0.480 e. The maximum absolute atomic E-state index is 12.2. The number of nitrogens with one attached hydrogen (secondary N) is 2. The standard InChI is InChI=1S/C22H26N8O2/c1-29(2)21(31)13-4-6-15(7-5-13)26-22-27-19-18(20(28-22)32-3)16(11-23-19)14-8-9-30-17(10-14)24-12-25-30/h8-13,15H,4-7H2,1-3H3,(H2,23,26,27,28). The average Bonchev–Trinajstić information content (AvgIpc) is 3.45. The zero-order valence-corrected chi connectivity index (χ0v) is 18.4. The summed E-state index contributed by atoms with van der Waals surface area (Å²) < 4.78 is 7.35. The van der Waals surface area contributed by atoms with Crippen molar-refractivity contribution in [3.63, 3.8) is 0 Å². The molecule has 4 aromatic heterocycles. The maximum Gasteiger partial charge on any atom is 0.228 e. The molecule has 1 aliphatic carbocycles. The highest BCUT2D eigenvalue weighted by Crippen LogP contribution is 2.35. The number of amides is 1. The van der Waals surface area contributed by atoms with Gasteiger partial charge in [0.1, 0.15) is 12.0 Å². The SMILES string of the molecule is COc1nc(NC2CCC(C(=O)N(C)C)CC2)nc2[nH]cc(-c3ccn4ncnc4c3)c12. The van der Waals surface area contributed by atoms with E-state index < -0.39 is 0 Å². The molecule has 0 radical (unpaired) electrons. The van der Waals surface area contributed by atoms with Gasteiger partial charge in [0.15, 0.2) is 5.65 Å². The summed E-state index contributed by atoms with van der Waals surface area (Å²) in [5.41, 5.74) is 3.38. The molecular formula is C22H26N8O2. The molecular weight excluding hydrogens is 408 g/mol. The maximum atomic E-state index is 12.2. The summed E-state index contributed by atoms with van der Waals surface area (Å²) in [6.45, 7) is 0. The second kappa shape index (κ2) is 8.10. The first-order chi connectivity index (χ1) is 15.5. The van der Waals surface area contributed by atoms with Crippen LogP contribution in [0, 0.1) is 5.92 Å². The number of aromatic amines is 1. The van der Waals surface area contributed by atoms with Gasteiger partial charge >= 0.3 is 0 Å². The Bertz CT molecular complexity index is 1270. The van der Waals surface area contributed by atoms with Gasteiger partial charge < -0.3 is 19.9 Å². The summed E-state index contributed by atoms with van der Waals surface area (Å²) in [6.07, 6.45) is 8.85. The number of nitrogens with zero attached hydrogens (tertiary/aromatic N) is 6. The molecule has 166 valence electrons. The van der Waals surface area contributed by atoms with Crippen LogP contribution in [-0.4, -0.2) is 67.6 Å². The molecule has 1 amide bonds. The van der Waals surface area contributed by atoms with Crippen LogP contribution in [0.2, 0.25) is 0 Å². The topological polar surface area (TPSA) is 113 Å². The highest BCUT2D eigenvalue weighted by Gasteiger charge is 2.28. The quantitative estimate of drug-likeness (QED) is 0.496. The second-order valence-corrected chi connectivity index (χ2v) is 8.39. The number of rotatable bonds is 5. The van der Waals surface area contributed by atoms with Crippen LogP contribution in [0.3, 0.4) is 0 Å². The van der Waals surface area contributed by atoms with Crippen LogP contribution in [0.5, 0.6) is 5.88 Å². The van der Waals surface area contributed by atoms with Crippen LogP contribution in [0.15, 0.2) is 30.9 Å². The fraction of sp³-hybridized carbons (Fsp3) is 0.409. The van der Waals surface area contributed by atoms with Gasteiger partial charge in [-0.3, -0.25) is 4.79 Å². The van der Waals surface area contributed by atoms with Crippen LogP contribution >= 0.6 is 0 Å². The zero-order chi connectivity index (χ0) is 22.2. The van der Waals surface area contributed by atoms with Crippen LogP contribution in [0.1, 0.15) is 25.7 Å². The molecule has 32 heavy (non-hydrogen) atoms. The van der Waals surface area contributed by atoms with Crippen molar-refractivity contribution in [3.8, 4) is 17.0 Å². The number of H-pyrrole nitrogens is 1. The molecule has 1 saturated carbocycles. The van der Waals surface area contributed by atoms with E-state index in [-0.39, 0.29) is 17.9 Å². The first kappa shape index (κ1) is 20.2. The van der Waals surface area contributed by atoms with E-state index in [0.717, 1.165) is 47.8 Å². The van der Waals surface area contributed by atoms with Gasteiger partial charge in [-0.2, -0.15) is 15.1 Å². The third-order valence-corrected chi connectivity index (χ3v) is 6.13. The van der Waals surface area contributed by atoms with Crippen LogP contribution < -0.4 is 10.1 Å². The average molecular weight is 435 g/mol. The third kappa shape index (κ3) is 3.61. The highest BCUT2D eigenvalue weighted by molar-refractivity contribution is 5.98. The first-order valence-electron chi connectivity index (χ1n) is 10.7. The first-order valence-corrected chi connectivity index (χ1v) is 10.7. The predicted molar refractivity (Wildman–Crippen MR) is 120 cm³/mol. The minimum absolute atomic E-state index is 0.106. The number of fused-ring (bicyclic) bond motifs is 2. The summed E-state index contributed by atoms with van der Waals surface area (Å²) >= 11 is 0. The lowest BCUT2D eigenvalue weighted by molar-refractivity contribution is -0.133. The van der Waals surface area contributed by atoms with Crippen molar-refractivity contribution in [3.05, 3.63) is 30.9 Å². The van der Waals surface area contributed by atoms with Gasteiger partial charge in [-0.15, -0.1) is 0 Å². The highest BCUT2D eigenvalue weighted by atomic mass is 16.5. The number of carbonyl (C=O) groups excluding carboxylic acids is 1. The minimum Gasteiger partial charge on any atom is -0.480 e. The predicted octanol–water partition coefficient (Wildman–Crippen LogP) is 2.74. The summed E-state index contributed by atoms with van der Waals surface area (Å²) in [7, 11) is 5.25. The Morgan fingerprint density at radius 2 is 2.06 bits per heavy atom. The Balaban J connectivity index is 1.39. The van der Waals surface area contributed by atoms with E-state index in [1.807, 2.05) is 38.6 Å².